The number of nitrogens with zero attached hydrogens (tertiary/aromatic N) is 1. The number of hydrogen-bond acceptors (Lipinski definition) is 4. The number of carbonyl (C=O) groups is 2. The Balaban J connectivity index is 2.61. The maximum atomic E-state index is 10.6. The summed E-state index contributed by atoms with van der Waals surface area (Å²) >= 11 is 0. The maximum absolute atomic E-state index is 10.6. The molecule has 1 aromatic carbocycles. The summed E-state index contributed by atoms with van der Waals surface area (Å²) in [5, 5.41) is 12.2. The fraction of sp³-hybridized carbons (Fsp3) is 0.100. The molecule has 2 N–H and O–H groups in total. The van der Waals surface area contributed by atoms with E-state index in [-0.39, 0.29) is 5.56 Å². The summed E-state index contributed by atoms with van der Waals surface area (Å²) in [5.41, 5.74) is 2.97. The van der Waals surface area contributed by atoms with Gasteiger partial charge in [0.2, 0.25) is 0 Å². The average Bonchev–Trinajstić information content (AvgIpc) is 2.29. The summed E-state index contributed by atoms with van der Waals surface area (Å²) in [7, 11) is 1.23. The monoisotopic (exact) mass is 222 g/mol. The second-order valence-corrected chi connectivity index (χ2v) is 2.79. The highest BCUT2D eigenvalue weighted by Crippen LogP contribution is 2.01. The van der Waals surface area contributed by atoms with Gasteiger partial charge in [0.25, 0.3) is 0 Å². The van der Waals surface area contributed by atoms with Crippen molar-refractivity contribution >= 4 is 18.3 Å². The van der Waals surface area contributed by atoms with E-state index in [2.05, 4.69) is 15.3 Å². The summed E-state index contributed by atoms with van der Waals surface area (Å²) in [4.78, 5) is 21.2. The highest BCUT2D eigenvalue weighted by molar-refractivity contribution is 5.89. The van der Waals surface area contributed by atoms with Gasteiger partial charge in [0, 0.05) is 0 Å². The van der Waals surface area contributed by atoms with Crippen molar-refractivity contribution in [2.45, 2.75) is 0 Å². The Labute approximate surface area is 91.5 Å². The van der Waals surface area contributed by atoms with Gasteiger partial charge in [-0.3, -0.25) is 0 Å². The second kappa shape index (κ2) is 5.50. The molecule has 0 spiro atoms. The molecule has 0 aliphatic heterocycles. The van der Waals surface area contributed by atoms with Crippen LogP contribution < -0.4 is 5.43 Å². The van der Waals surface area contributed by atoms with Gasteiger partial charge in [0.05, 0.1) is 18.9 Å². The molecule has 1 rings (SSSR count). The predicted molar refractivity (Wildman–Crippen MR) is 56.5 cm³/mol. The van der Waals surface area contributed by atoms with Crippen molar-refractivity contribution in [3.8, 4) is 0 Å². The van der Waals surface area contributed by atoms with Crippen molar-refractivity contribution in [3.63, 3.8) is 0 Å². The first-order valence-corrected chi connectivity index (χ1v) is 4.34. The molecule has 0 bridgehead atoms. The van der Waals surface area contributed by atoms with E-state index in [1.807, 2.05) is 0 Å². The number of benzene rings is 1. The lowest BCUT2D eigenvalue weighted by molar-refractivity contribution is 0.0697. The standard InChI is InChI=1S/C10H10N2O4/c1-16-10(15)12-11-6-7-2-4-8(5-3-7)9(13)14/h2-6H,1H3,(H,12,15)(H,13,14). The molecule has 1 amide bonds. The summed E-state index contributed by atoms with van der Waals surface area (Å²) < 4.78 is 4.30. The SMILES string of the molecule is COC(=O)NN=Cc1ccc(C(=O)O)cc1. The quantitative estimate of drug-likeness (QED) is 0.591. The first-order valence-electron chi connectivity index (χ1n) is 4.34. The molecule has 6 heteroatoms. The molecule has 0 atom stereocenters. The van der Waals surface area contributed by atoms with Crippen LogP contribution >= 0.6 is 0 Å². The first-order chi connectivity index (χ1) is 7.63. The number of amides is 1. The van der Waals surface area contributed by atoms with Gasteiger partial charge in [-0.15, -0.1) is 0 Å². The fourth-order valence-electron chi connectivity index (χ4n) is 0.917. The van der Waals surface area contributed by atoms with Crippen LogP contribution in [0.25, 0.3) is 0 Å². The van der Waals surface area contributed by atoms with Crippen LogP contribution in [0.2, 0.25) is 0 Å². The van der Waals surface area contributed by atoms with Gasteiger partial charge < -0.3 is 9.84 Å². The molecule has 0 aliphatic rings. The van der Waals surface area contributed by atoms with Crippen LogP contribution in [0.15, 0.2) is 29.4 Å². The lowest BCUT2D eigenvalue weighted by Crippen LogP contribution is -2.16. The van der Waals surface area contributed by atoms with Crippen molar-refractivity contribution in [1.82, 2.24) is 5.43 Å². The lowest BCUT2D eigenvalue weighted by Gasteiger charge is -1.97. The van der Waals surface area contributed by atoms with Crippen molar-refractivity contribution in [1.29, 1.82) is 0 Å². The van der Waals surface area contributed by atoms with E-state index in [9.17, 15) is 9.59 Å². The topological polar surface area (TPSA) is 88.0 Å². The smallest absolute Gasteiger partial charge is 0.427 e. The number of methoxy groups -OCH3 is 1. The molecule has 0 aliphatic carbocycles. The Kier molecular flexibility index (Phi) is 4.02. The zero-order valence-electron chi connectivity index (χ0n) is 8.51. The highest BCUT2D eigenvalue weighted by Gasteiger charge is 2.00. The molecule has 0 saturated heterocycles. The molecule has 0 radical (unpaired) electrons. The first kappa shape index (κ1) is 11.7. The van der Waals surface area contributed by atoms with Crippen LogP contribution in [0.3, 0.4) is 0 Å². The van der Waals surface area contributed by atoms with Gasteiger partial charge in [0.1, 0.15) is 0 Å². The van der Waals surface area contributed by atoms with Crippen LogP contribution in [0.4, 0.5) is 4.79 Å². The zero-order chi connectivity index (χ0) is 12.0. The van der Waals surface area contributed by atoms with Crippen LogP contribution in [-0.4, -0.2) is 30.5 Å². The van der Waals surface area contributed by atoms with Crippen LogP contribution in [0.1, 0.15) is 15.9 Å². The highest BCUT2D eigenvalue weighted by atomic mass is 16.5. The number of hydrogen-bond donors (Lipinski definition) is 2. The van der Waals surface area contributed by atoms with E-state index in [0.717, 1.165) is 0 Å². The van der Waals surface area contributed by atoms with Crippen molar-refractivity contribution in [2.75, 3.05) is 7.11 Å². The Hall–Kier alpha value is -2.37. The molecule has 1 aromatic rings. The number of carbonyl (C=O) groups excluding carboxylic acids is 1. The normalized spacial score (nSPS) is 10.1. The van der Waals surface area contributed by atoms with Gasteiger partial charge in [0.15, 0.2) is 0 Å². The third kappa shape index (κ3) is 3.41. The van der Waals surface area contributed by atoms with Crippen molar-refractivity contribution in [3.05, 3.63) is 35.4 Å². The third-order valence-electron chi connectivity index (χ3n) is 1.71. The summed E-state index contributed by atoms with van der Waals surface area (Å²) in [5.74, 6) is -0.990. The Bertz CT molecular complexity index is 411. The molecule has 0 unspecified atom stereocenters. The molecule has 0 fully saturated rings. The third-order valence-corrected chi connectivity index (χ3v) is 1.71. The molecule has 84 valence electrons. The minimum absolute atomic E-state index is 0.193. The average molecular weight is 222 g/mol. The molecule has 0 heterocycles. The number of carboxylic acids is 1. The van der Waals surface area contributed by atoms with Crippen molar-refractivity contribution < 1.29 is 19.4 Å². The largest absolute Gasteiger partial charge is 0.478 e. The van der Waals surface area contributed by atoms with Gasteiger partial charge >= 0.3 is 12.1 Å². The van der Waals surface area contributed by atoms with E-state index in [0.29, 0.717) is 5.56 Å². The van der Waals surface area contributed by atoms with Crippen LogP contribution in [0, 0.1) is 0 Å². The van der Waals surface area contributed by atoms with E-state index in [4.69, 9.17) is 5.11 Å². The summed E-state index contributed by atoms with van der Waals surface area (Å²) in [6.45, 7) is 0. The molecular formula is C10H10N2O4. The molecular weight excluding hydrogens is 212 g/mol. The minimum Gasteiger partial charge on any atom is -0.478 e. The zero-order valence-corrected chi connectivity index (χ0v) is 8.51. The van der Waals surface area contributed by atoms with Crippen molar-refractivity contribution in [2.24, 2.45) is 5.10 Å². The van der Waals surface area contributed by atoms with Gasteiger partial charge in [-0.1, -0.05) is 12.1 Å². The Morgan fingerprint density at radius 2 is 2.00 bits per heavy atom. The van der Waals surface area contributed by atoms with E-state index in [1.54, 1.807) is 12.1 Å². The molecule has 6 nitrogen and oxygen atoms in total. The number of hydrazone groups is 1. The minimum atomic E-state index is -0.990. The molecule has 0 aromatic heterocycles. The molecule has 0 saturated carbocycles. The number of rotatable bonds is 3. The number of aromatic carboxylic acids is 1. The van der Waals surface area contributed by atoms with Crippen LogP contribution in [-0.2, 0) is 4.74 Å². The summed E-state index contributed by atoms with van der Waals surface area (Å²) in [6, 6.07) is 6.04. The Morgan fingerprint density at radius 3 is 2.50 bits per heavy atom. The van der Waals surface area contributed by atoms with Gasteiger partial charge in [-0.25, -0.2) is 15.0 Å². The number of carboxylic acid groups (broad SMARTS) is 1. The number of ether oxygens (including phenoxy) is 1. The molecule has 16 heavy (non-hydrogen) atoms. The predicted octanol–water partition coefficient (Wildman–Crippen LogP) is 1.07. The van der Waals surface area contributed by atoms with Crippen LogP contribution in [0.5, 0.6) is 0 Å². The second-order valence-electron chi connectivity index (χ2n) is 2.79. The number of nitrogens with one attached hydrogen (secondary N) is 1. The summed E-state index contributed by atoms with van der Waals surface area (Å²) in [6.07, 6.45) is 0.709. The van der Waals surface area contributed by atoms with Gasteiger partial charge in [-0.05, 0) is 17.7 Å². The lowest BCUT2D eigenvalue weighted by atomic mass is 10.1. The van der Waals surface area contributed by atoms with E-state index >= 15 is 0 Å². The van der Waals surface area contributed by atoms with E-state index in [1.165, 1.54) is 25.5 Å². The maximum Gasteiger partial charge on any atom is 0.427 e. The van der Waals surface area contributed by atoms with E-state index < -0.39 is 12.1 Å². The Morgan fingerprint density at radius 1 is 1.38 bits per heavy atom. The van der Waals surface area contributed by atoms with Gasteiger partial charge in [-0.2, -0.15) is 5.10 Å². The fourth-order valence-corrected chi connectivity index (χ4v) is 0.917.